The van der Waals surface area contributed by atoms with E-state index in [0.29, 0.717) is 13.1 Å². The second-order valence-corrected chi connectivity index (χ2v) is 6.38. The van der Waals surface area contributed by atoms with Crippen molar-refractivity contribution in [3.8, 4) is 0 Å². The fourth-order valence-corrected chi connectivity index (χ4v) is 3.36. The lowest BCUT2D eigenvalue weighted by atomic mass is 9.87. The lowest BCUT2D eigenvalue weighted by Gasteiger charge is -2.47. The number of nitrogens with zero attached hydrogens (tertiary/aromatic N) is 1. The van der Waals surface area contributed by atoms with Gasteiger partial charge in [-0.3, -0.25) is 9.69 Å². The van der Waals surface area contributed by atoms with Gasteiger partial charge in [0, 0.05) is 12.6 Å². The smallest absolute Gasteiger partial charge is 0.240 e. The number of amides is 1. The van der Waals surface area contributed by atoms with Crippen LogP contribution < -0.4 is 5.32 Å². The van der Waals surface area contributed by atoms with Crippen molar-refractivity contribution in [2.45, 2.75) is 57.1 Å². The third-order valence-electron chi connectivity index (χ3n) is 4.74. The van der Waals surface area contributed by atoms with Crippen LogP contribution in [-0.2, 0) is 11.2 Å². The highest BCUT2D eigenvalue weighted by molar-refractivity contribution is 5.82. The molecule has 0 saturated carbocycles. The van der Waals surface area contributed by atoms with Gasteiger partial charge in [-0.15, -0.1) is 0 Å². The van der Waals surface area contributed by atoms with E-state index in [9.17, 15) is 20.1 Å². The van der Waals surface area contributed by atoms with E-state index < -0.39 is 30.4 Å². The number of carbonyl (C=O) groups excluding carboxylic acids is 1. The summed E-state index contributed by atoms with van der Waals surface area (Å²) < 4.78 is 0. The van der Waals surface area contributed by atoms with Gasteiger partial charge in [0.2, 0.25) is 5.91 Å². The van der Waals surface area contributed by atoms with Crippen LogP contribution in [-0.4, -0.2) is 69.6 Å². The third kappa shape index (κ3) is 4.13. The van der Waals surface area contributed by atoms with E-state index >= 15 is 0 Å². The number of piperidine rings is 1. The van der Waals surface area contributed by atoms with Crippen LogP contribution in [0.2, 0.25) is 0 Å². The van der Waals surface area contributed by atoms with Crippen molar-refractivity contribution in [3.05, 3.63) is 35.9 Å². The number of aryl methyl sites for hydroxylation is 1. The zero-order valence-electron chi connectivity index (χ0n) is 14.3. The number of nitrogens with one attached hydrogen (secondary N) is 1. The van der Waals surface area contributed by atoms with Gasteiger partial charge in [0.05, 0.1) is 6.10 Å². The summed E-state index contributed by atoms with van der Waals surface area (Å²) in [6.45, 7) is 4.59. The molecule has 0 aromatic heterocycles. The molecular formula is C18H28N2O4. The predicted octanol–water partition coefficient (Wildman–Crippen LogP) is -0.0893. The van der Waals surface area contributed by atoms with E-state index in [-0.39, 0.29) is 5.91 Å². The molecule has 6 heteroatoms. The zero-order valence-corrected chi connectivity index (χ0v) is 14.3. The Morgan fingerprint density at radius 1 is 1.12 bits per heavy atom. The van der Waals surface area contributed by atoms with Crippen LogP contribution in [0.25, 0.3) is 0 Å². The summed E-state index contributed by atoms with van der Waals surface area (Å²) in [5, 5.41) is 33.2. The third-order valence-corrected chi connectivity index (χ3v) is 4.74. The van der Waals surface area contributed by atoms with E-state index in [0.717, 1.165) is 12.8 Å². The highest BCUT2D eigenvalue weighted by Gasteiger charge is 2.48. The fraction of sp³-hybridized carbons (Fsp3) is 0.611. The molecule has 5 unspecified atom stereocenters. The highest BCUT2D eigenvalue weighted by Crippen LogP contribution is 2.25. The summed E-state index contributed by atoms with van der Waals surface area (Å²) in [6, 6.07) is 8.78. The Hall–Kier alpha value is -1.47. The summed E-state index contributed by atoms with van der Waals surface area (Å²) in [7, 11) is 0. The molecule has 0 bridgehead atoms. The van der Waals surface area contributed by atoms with Gasteiger partial charge in [-0.05, 0) is 38.8 Å². The van der Waals surface area contributed by atoms with Gasteiger partial charge >= 0.3 is 0 Å². The molecule has 0 spiro atoms. The molecule has 1 heterocycles. The molecule has 0 aliphatic carbocycles. The summed E-state index contributed by atoms with van der Waals surface area (Å²) in [4.78, 5) is 14.1. The normalized spacial score (nSPS) is 31.0. The van der Waals surface area contributed by atoms with Gasteiger partial charge < -0.3 is 20.6 Å². The van der Waals surface area contributed by atoms with E-state index in [1.165, 1.54) is 5.56 Å². The van der Waals surface area contributed by atoms with Crippen LogP contribution in [0.1, 0.15) is 25.8 Å². The molecule has 2 rings (SSSR count). The van der Waals surface area contributed by atoms with Gasteiger partial charge in [-0.25, -0.2) is 0 Å². The number of aliphatic hydroxyl groups excluding tert-OH is 3. The Bertz CT molecular complexity index is 525. The minimum atomic E-state index is -1.32. The molecule has 4 N–H and O–H groups in total. The van der Waals surface area contributed by atoms with E-state index in [4.69, 9.17) is 0 Å². The van der Waals surface area contributed by atoms with Crippen molar-refractivity contribution >= 4 is 5.91 Å². The monoisotopic (exact) mass is 336 g/mol. The van der Waals surface area contributed by atoms with Crippen molar-refractivity contribution in [1.82, 2.24) is 10.2 Å². The number of carbonyl (C=O) groups is 1. The van der Waals surface area contributed by atoms with Gasteiger partial charge in [0.1, 0.15) is 18.2 Å². The largest absolute Gasteiger partial charge is 0.389 e. The van der Waals surface area contributed by atoms with Crippen LogP contribution in [0.4, 0.5) is 0 Å². The van der Waals surface area contributed by atoms with E-state index in [1.54, 1.807) is 11.8 Å². The number of likely N-dealkylation sites (tertiary alicyclic amines) is 1. The topological polar surface area (TPSA) is 93.0 Å². The number of hydrogen-bond donors (Lipinski definition) is 4. The van der Waals surface area contributed by atoms with Crippen molar-refractivity contribution in [2.24, 2.45) is 0 Å². The van der Waals surface area contributed by atoms with Crippen LogP contribution in [0.3, 0.4) is 0 Å². The summed E-state index contributed by atoms with van der Waals surface area (Å²) >= 11 is 0. The van der Waals surface area contributed by atoms with Gasteiger partial charge in [-0.1, -0.05) is 30.3 Å². The molecule has 1 aromatic carbocycles. The Morgan fingerprint density at radius 3 is 2.42 bits per heavy atom. The molecule has 1 saturated heterocycles. The van der Waals surface area contributed by atoms with Crippen molar-refractivity contribution in [2.75, 3.05) is 13.1 Å². The number of benzene rings is 1. The maximum absolute atomic E-state index is 12.3. The SMILES string of the molecule is CCNC(=O)C1C(O)C(O)C(O)C(C)N1CCCc1ccccc1. The fourth-order valence-electron chi connectivity index (χ4n) is 3.36. The Kier molecular flexibility index (Phi) is 6.74. The number of rotatable bonds is 6. The van der Waals surface area contributed by atoms with Crippen molar-refractivity contribution < 1.29 is 20.1 Å². The van der Waals surface area contributed by atoms with Gasteiger partial charge in [0.25, 0.3) is 0 Å². The first-order chi connectivity index (χ1) is 11.5. The van der Waals surface area contributed by atoms with Crippen LogP contribution >= 0.6 is 0 Å². The molecule has 1 amide bonds. The first-order valence-electron chi connectivity index (χ1n) is 8.59. The quantitative estimate of drug-likeness (QED) is 0.583. The Morgan fingerprint density at radius 2 is 1.79 bits per heavy atom. The van der Waals surface area contributed by atoms with Crippen molar-refractivity contribution in [1.29, 1.82) is 0 Å². The lowest BCUT2D eigenvalue weighted by molar-refractivity contribution is -0.171. The lowest BCUT2D eigenvalue weighted by Crippen LogP contribution is -2.69. The van der Waals surface area contributed by atoms with Crippen LogP contribution in [0, 0.1) is 0 Å². The number of likely N-dealkylation sites (N-methyl/N-ethyl adjacent to an activating group) is 1. The molecule has 1 fully saturated rings. The molecule has 0 radical (unpaired) electrons. The minimum Gasteiger partial charge on any atom is -0.389 e. The first kappa shape index (κ1) is 18.9. The van der Waals surface area contributed by atoms with Crippen LogP contribution in [0.15, 0.2) is 30.3 Å². The summed E-state index contributed by atoms with van der Waals surface area (Å²) in [5.74, 6) is -0.317. The second kappa shape index (κ2) is 8.58. The summed E-state index contributed by atoms with van der Waals surface area (Å²) in [5.41, 5.74) is 1.21. The minimum absolute atomic E-state index is 0.317. The molecule has 1 aliphatic heterocycles. The Balaban J connectivity index is 2.07. The zero-order chi connectivity index (χ0) is 17.7. The second-order valence-electron chi connectivity index (χ2n) is 6.38. The van der Waals surface area contributed by atoms with Crippen LogP contribution in [0.5, 0.6) is 0 Å². The molecule has 24 heavy (non-hydrogen) atoms. The van der Waals surface area contributed by atoms with Gasteiger partial charge in [0.15, 0.2) is 0 Å². The highest BCUT2D eigenvalue weighted by atomic mass is 16.4. The first-order valence-corrected chi connectivity index (χ1v) is 8.59. The summed E-state index contributed by atoms with van der Waals surface area (Å²) in [6.07, 6.45) is -2.07. The average molecular weight is 336 g/mol. The standard InChI is InChI=1S/C18H28N2O4/c1-3-19-18(24)14-16(22)17(23)15(21)12(2)20(14)11-7-10-13-8-5-4-6-9-13/h4-6,8-9,12,14-17,21-23H,3,7,10-11H2,1-2H3,(H,19,24). The maximum atomic E-state index is 12.3. The maximum Gasteiger partial charge on any atom is 0.240 e. The average Bonchev–Trinajstić information content (AvgIpc) is 2.58. The van der Waals surface area contributed by atoms with E-state index in [1.807, 2.05) is 37.3 Å². The molecular weight excluding hydrogens is 308 g/mol. The molecule has 6 nitrogen and oxygen atoms in total. The molecule has 1 aromatic rings. The predicted molar refractivity (Wildman–Crippen MR) is 91.4 cm³/mol. The van der Waals surface area contributed by atoms with Crippen molar-refractivity contribution in [3.63, 3.8) is 0 Å². The van der Waals surface area contributed by atoms with E-state index in [2.05, 4.69) is 5.32 Å². The number of aliphatic hydroxyl groups is 3. The number of hydrogen-bond acceptors (Lipinski definition) is 5. The molecule has 1 aliphatic rings. The molecule has 5 atom stereocenters. The molecule has 134 valence electrons. The Labute approximate surface area is 143 Å². The van der Waals surface area contributed by atoms with Gasteiger partial charge in [-0.2, -0.15) is 0 Å².